The number of alkyl halides is 3. The van der Waals surface area contributed by atoms with E-state index in [1.54, 1.807) is 0 Å². The van der Waals surface area contributed by atoms with Crippen LogP contribution < -0.4 is 5.32 Å². The normalized spacial score (nSPS) is 12.4. The zero-order valence-electron chi connectivity index (χ0n) is 8.83. The van der Waals surface area contributed by atoms with Crippen LogP contribution in [0.4, 0.5) is 23.8 Å². The monoisotopic (exact) mass is 251 g/mol. The summed E-state index contributed by atoms with van der Waals surface area (Å²) in [6, 6.07) is 1.19. The smallest absolute Gasteiger partial charge is 0.449 e. The number of amides is 1. The van der Waals surface area contributed by atoms with Crippen LogP contribution in [0.15, 0.2) is 15.6 Å². The first-order chi connectivity index (χ1) is 7.82. The summed E-state index contributed by atoms with van der Waals surface area (Å²) in [5, 5.41) is 4.80. The maximum Gasteiger partial charge on any atom is 0.449 e. The first-order valence-electron chi connectivity index (χ1n) is 4.27. The van der Waals surface area contributed by atoms with Crippen LogP contribution >= 0.6 is 0 Å². The number of halogens is 3. The Labute approximate surface area is 93.4 Å². The molecule has 1 amide bonds. The average Bonchev–Trinajstić information content (AvgIpc) is 2.61. The molecule has 1 heterocycles. The molecule has 0 aliphatic rings. The fraction of sp³-hybridized carbons (Fsp3) is 0.375. The van der Waals surface area contributed by atoms with Crippen molar-refractivity contribution in [2.75, 3.05) is 7.11 Å². The molecule has 1 aromatic heterocycles. The summed E-state index contributed by atoms with van der Waals surface area (Å²) in [5.41, 5.74) is 0.364. The van der Waals surface area contributed by atoms with Crippen LogP contribution in [0.5, 0.6) is 0 Å². The third-order valence-electron chi connectivity index (χ3n) is 1.51. The summed E-state index contributed by atoms with van der Waals surface area (Å²) in [5.74, 6) is -1.91. The van der Waals surface area contributed by atoms with Crippen molar-refractivity contribution in [2.45, 2.75) is 13.1 Å². The van der Waals surface area contributed by atoms with Crippen molar-refractivity contribution in [3.8, 4) is 0 Å². The number of carbonyl (C=O) groups excluding carboxylic acids is 1. The maximum absolute atomic E-state index is 12.4. The largest absolute Gasteiger partial charge is 0.453 e. The van der Waals surface area contributed by atoms with E-state index in [-0.39, 0.29) is 5.88 Å². The molecule has 1 rings (SSSR count). The van der Waals surface area contributed by atoms with Crippen molar-refractivity contribution >= 4 is 17.8 Å². The zero-order valence-corrected chi connectivity index (χ0v) is 8.83. The number of nitrogens with zero attached hydrogens (tertiary/aromatic N) is 2. The third-order valence-corrected chi connectivity index (χ3v) is 1.51. The molecule has 0 radical (unpaired) electrons. The van der Waals surface area contributed by atoms with Gasteiger partial charge in [0.2, 0.25) is 5.84 Å². The highest BCUT2D eigenvalue weighted by molar-refractivity contribution is 5.99. The summed E-state index contributed by atoms with van der Waals surface area (Å²) >= 11 is 0. The van der Waals surface area contributed by atoms with Crippen molar-refractivity contribution in [1.82, 2.24) is 10.5 Å². The van der Waals surface area contributed by atoms with E-state index in [9.17, 15) is 18.0 Å². The molecule has 9 heteroatoms. The Morgan fingerprint density at radius 2 is 2.24 bits per heavy atom. The molecule has 1 aromatic rings. The van der Waals surface area contributed by atoms with Gasteiger partial charge in [-0.05, 0) is 6.92 Å². The highest BCUT2D eigenvalue weighted by atomic mass is 19.4. The van der Waals surface area contributed by atoms with E-state index in [0.717, 1.165) is 7.11 Å². The lowest BCUT2D eigenvalue weighted by molar-refractivity contribution is -0.0616. The second-order valence-corrected chi connectivity index (χ2v) is 2.88. The summed E-state index contributed by atoms with van der Waals surface area (Å²) in [6.45, 7) is 1.52. The lowest BCUT2D eigenvalue weighted by atomic mass is 10.5. The number of carbonyl (C=O) groups is 1. The molecule has 6 nitrogen and oxygen atoms in total. The van der Waals surface area contributed by atoms with Crippen LogP contribution in [0.2, 0.25) is 0 Å². The molecule has 0 aliphatic carbocycles. The van der Waals surface area contributed by atoms with Crippen molar-refractivity contribution in [3.63, 3.8) is 0 Å². The van der Waals surface area contributed by atoms with Gasteiger partial charge in [-0.3, -0.25) is 5.32 Å². The third kappa shape index (κ3) is 3.78. The van der Waals surface area contributed by atoms with Crippen molar-refractivity contribution in [3.05, 3.63) is 11.8 Å². The standard InChI is InChI=1S/C8H8F3N3O3/c1-4-3-5(17-14-4)12-6(8(9,10)11)13-7(15)16-2/h3H,1-2H3,(H,12,13,15). The predicted molar refractivity (Wildman–Crippen MR) is 49.9 cm³/mol. The molecule has 1 N–H and O–H groups in total. The number of alkyl carbamates (subject to hydrolysis) is 1. The lowest BCUT2D eigenvalue weighted by Gasteiger charge is -2.09. The fourth-order valence-corrected chi connectivity index (χ4v) is 0.823. The van der Waals surface area contributed by atoms with Crippen LogP contribution in [0.3, 0.4) is 0 Å². The Balaban J connectivity index is 2.98. The average molecular weight is 251 g/mol. The molecule has 0 saturated carbocycles. The molecule has 0 aromatic carbocycles. The number of ether oxygens (including phenoxy) is 1. The quantitative estimate of drug-likeness (QED) is 0.611. The van der Waals surface area contributed by atoms with Crippen LogP contribution in [0.1, 0.15) is 5.69 Å². The lowest BCUT2D eigenvalue weighted by Crippen LogP contribution is -2.40. The fourth-order valence-electron chi connectivity index (χ4n) is 0.823. The van der Waals surface area contributed by atoms with E-state index in [4.69, 9.17) is 0 Å². The van der Waals surface area contributed by atoms with Gasteiger partial charge in [0.05, 0.1) is 12.8 Å². The van der Waals surface area contributed by atoms with Crippen molar-refractivity contribution < 1.29 is 27.2 Å². The van der Waals surface area contributed by atoms with E-state index < -0.39 is 18.1 Å². The molecule has 0 fully saturated rings. The van der Waals surface area contributed by atoms with Gasteiger partial charge in [0.1, 0.15) is 0 Å². The van der Waals surface area contributed by atoms with E-state index in [1.807, 2.05) is 0 Å². The number of hydrogen-bond donors (Lipinski definition) is 1. The maximum atomic E-state index is 12.4. The predicted octanol–water partition coefficient (Wildman–Crippen LogP) is 1.93. The van der Waals surface area contributed by atoms with Gasteiger partial charge in [0, 0.05) is 6.07 Å². The Hall–Kier alpha value is -2.06. The SMILES string of the molecule is COC(=O)N/C(=N\c1cc(C)no1)C(F)(F)F. The van der Waals surface area contributed by atoms with Crippen molar-refractivity contribution in [1.29, 1.82) is 0 Å². The molecular weight excluding hydrogens is 243 g/mol. The molecule has 0 spiro atoms. The second-order valence-electron chi connectivity index (χ2n) is 2.88. The Morgan fingerprint density at radius 1 is 1.59 bits per heavy atom. The summed E-state index contributed by atoms with van der Waals surface area (Å²) in [6.07, 6.45) is -6.12. The molecule has 0 aliphatic heterocycles. The summed E-state index contributed by atoms with van der Waals surface area (Å²) in [7, 11) is 0.932. The van der Waals surface area contributed by atoms with Gasteiger partial charge in [-0.25, -0.2) is 4.79 Å². The number of hydrogen-bond acceptors (Lipinski definition) is 5. The van der Waals surface area contributed by atoms with Gasteiger partial charge >= 0.3 is 12.3 Å². The molecule has 0 bridgehead atoms. The van der Waals surface area contributed by atoms with Gasteiger partial charge in [0.25, 0.3) is 5.88 Å². The van der Waals surface area contributed by atoms with E-state index in [0.29, 0.717) is 5.69 Å². The number of rotatable bonds is 1. The van der Waals surface area contributed by atoms with E-state index in [1.165, 1.54) is 18.3 Å². The van der Waals surface area contributed by atoms with Crippen LogP contribution in [-0.4, -0.2) is 30.4 Å². The summed E-state index contributed by atoms with van der Waals surface area (Å²) < 4.78 is 45.9. The molecule has 94 valence electrons. The molecule has 0 unspecified atom stereocenters. The number of methoxy groups -OCH3 is 1. The molecule has 0 saturated heterocycles. The minimum Gasteiger partial charge on any atom is -0.453 e. The first-order valence-corrected chi connectivity index (χ1v) is 4.27. The van der Waals surface area contributed by atoms with Crippen LogP contribution in [-0.2, 0) is 4.74 Å². The number of aliphatic imine (C=N–C) groups is 1. The minimum atomic E-state index is -4.84. The minimum absolute atomic E-state index is 0.364. The number of amidine groups is 1. The molecular formula is C8H8F3N3O3. The summed E-state index contributed by atoms with van der Waals surface area (Å²) in [4.78, 5) is 13.8. The van der Waals surface area contributed by atoms with Crippen LogP contribution in [0, 0.1) is 6.92 Å². The van der Waals surface area contributed by atoms with E-state index >= 15 is 0 Å². The first kappa shape index (κ1) is 13.0. The Kier molecular flexibility index (Phi) is 3.71. The van der Waals surface area contributed by atoms with Gasteiger partial charge < -0.3 is 9.26 Å². The second kappa shape index (κ2) is 4.85. The molecule has 17 heavy (non-hydrogen) atoms. The zero-order chi connectivity index (χ0) is 13.1. The van der Waals surface area contributed by atoms with Crippen molar-refractivity contribution in [2.24, 2.45) is 4.99 Å². The number of aryl methyl sites for hydroxylation is 1. The topological polar surface area (TPSA) is 76.7 Å². The van der Waals surface area contributed by atoms with Gasteiger partial charge in [-0.2, -0.15) is 18.2 Å². The Morgan fingerprint density at radius 3 is 2.65 bits per heavy atom. The van der Waals surface area contributed by atoms with E-state index in [2.05, 4.69) is 19.4 Å². The number of aromatic nitrogens is 1. The van der Waals surface area contributed by atoms with Crippen LogP contribution in [0.25, 0.3) is 0 Å². The Bertz CT molecular complexity index is 439. The highest BCUT2D eigenvalue weighted by Gasteiger charge is 2.38. The van der Waals surface area contributed by atoms with Gasteiger partial charge in [0.15, 0.2) is 0 Å². The van der Waals surface area contributed by atoms with Gasteiger partial charge in [-0.1, -0.05) is 5.16 Å². The highest BCUT2D eigenvalue weighted by Crippen LogP contribution is 2.20. The number of nitrogens with one attached hydrogen (secondary N) is 1. The molecule has 0 atom stereocenters. The van der Waals surface area contributed by atoms with Gasteiger partial charge in [-0.15, -0.1) is 0 Å².